The minimum Gasteiger partial charge on any atom is -0.464 e. The first-order valence-corrected chi connectivity index (χ1v) is 7.88. The molecule has 2 aliphatic rings. The van der Waals surface area contributed by atoms with Gasteiger partial charge < -0.3 is 9.47 Å². The molecule has 3 nitrogen and oxygen atoms in total. The van der Waals surface area contributed by atoms with Gasteiger partial charge in [-0.3, -0.25) is 0 Å². The van der Waals surface area contributed by atoms with Crippen LogP contribution in [0.5, 0.6) is 0 Å². The molecular formula is C16H28O3. The fraction of sp³-hybridized carbons (Fsp3) is 0.938. The number of rotatable bonds is 4. The third-order valence-corrected chi connectivity index (χ3v) is 5.18. The summed E-state index contributed by atoms with van der Waals surface area (Å²) in [6.07, 6.45) is 6.39. The van der Waals surface area contributed by atoms with Crippen LogP contribution in [0.2, 0.25) is 0 Å². The summed E-state index contributed by atoms with van der Waals surface area (Å²) >= 11 is 0. The first kappa shape index (κ1) is 14.8. The van der Waals surface area contributed by atoms with Gasteiger partial charge in [0, 0.05) is 0 Å². The maximum atomic E-state index is 12.2. The second-order valence-electron chi connectivity index (χ2n) is 6.43. The van der Waals surface area contributed by atoms with Crippen molar-refractivity contribution in [3.8, 4) is 0 Å². The highest BCUT2D eigenvalue weighted by molar-refractivity contribution is 5.84. The molecule has 1 heterocycles. The van der Waals surface area contributed by atoms with E-state index in [0.29, 0.717) is 6.61 Å². The van der Waals surface area contributed by atoms with Crippen molar-refractivity contribution in [2.24, 2.45) is 11.8 Å². The normalized spacial score (nSPS) is 38.3. The van der Waals surface area contributed by atoms with Crippen molar-refractivity contribution < 1.29 is 14.3 Å². The monoisotopic (exact) mass is 268 g/mol. The van der Waals surface area contributed by atoms with Crippen molar-refractivity contribution in [1.29, 1.82) is 0 Å². The summed E-state index contributed by atoms with van der Waals surface area (Å²) in [7, 11) is 0. The number of epoxide rings is 1. The Labute approximate surface area is 117 Å². The molecule has 0 aromatic carbocycles. The van der Waals surface area contributed by atoms with Gasteiger partial charge in [0.2, 0.25) is 0 Å². The van der Waals surface area contributed by atoms with E-state index in [4.69, 9.17) is 9.47 Å². The van der Waals surface area contributed by atoms with Crippen LogP contribution in [0, 0.1) is 11.8 Å². The van der Waals surface area contributed by atoms with Gasteiger partial charge in [-0.15, -0.1) is 0 Å². The van der Waals surface area contributed by atoms with Crippen LogP contribution in [-0.4, -0.2) is 23.8 Å². The van der Waals surface area contributed by atoms with E-state index in [1.165, 1.54) is 19.3 Å². The summed E-state index contributed by atoms with van der Waals surface area (Å²) < 4.78 is 11.3. The largest absolute Gasteiger partial charge is 0.464 e. The Bertz CT molecular complexity index is 339. The number of carbonyl (C=O) groups is 1. The van der Waals surface area contributed by atoms with E-state index in [0.717, 1.165) is 31.1 Å². The molecular weight excluding hydrogens is 240 g/mol. The Morgan fingerprint density at radius 2 is 2.05 bits per heavy atom. The number of hydrogen-bond donors (Lipinski definition) is 0. The van der Waals surface area contributed by atoms with E-state index in [1.807, 2.05) is 13.8 Å². The van der Waals surface area contributed by atoms with Gasteiger partial charge in [-0.2, -0.15) is 0 Å². The first-order chi connectivity index (χ1) is 9.01. The molecule has 3 heteroatoms. The van der Waals surface area contributed by atoms with Crippen molar-refractivity contribution in [2.45, 2.75) is 77.4 Å². The molecule has 0 bridgehead atoms. The lowest BCUT2D eigenvalue weighted by Crippen LogP contribution is -2.35. The molecule has 19 heavy (non-hydrogen) atoms. The zero-order valence-electron chi connectivity index (χ0n) is 12.8. The van der Waals surface area contributed by atoms with Crippen LogP contribution in [0.3, 0.4) is 0 Å². The lowest BCUT2D eigenvalue weighted by atomic mass is 9.83. The summed E-state index contributed by atoms with van der Waals surface area (Å²) in [5.74, 6) is 1.37. The van der Waals surface area contributed by atoms with Gasteiger partial charge in [-0.05, 0) is 44.4 Å². The van der Waals surface area contributed by atoms with Crippen LogP contribution in [0.1, 0.15) is 66.2 Å². The number of esters is 1. The maximum absolute atomic E-state index is 12.2. The van der Waals surface area contributed by atoms with Crippen LogP contribution < -0.4 is 0 Å². The molecule has 0 aromatic heterocycles. The molecule has 0 N–H and O–H groups in total. The van der Waals surface area contributed by atoms with E-state index >= 15 is 0 Å². The molecule has 110 valence electrons. The predicted molar refractivity (Wildman–Crippen MR) is 74.9 cm³/mol. The zero-order chi connectivity index (χ0) is 14.1. The van der Waals surface area contributed by atoms with Gasteiger partial charge in [0.1, 0.15) is 5.60 Å². The molecule has 2 rings (SSSR count). The molecule has 1 aliphatic carbocycles. The van der Waals surface area contributed by atoms with Crippen molar-refractivity contribution in [2.75, 3.05) is 6.61 Å². The Kier molecular flexibility index (Phi) is 4.24. The lowest BCUT2D eigenvalue weighted by Gasteiger charge is -2.18. The van der Waals surface area contributed by atoms with Crippen LogP contribution in [0.25, 0.3) is 0 Å². The van der Waals surface area contributed by atoms with Gasteiger partial charge in [0.05, 0.1) is 6.61 Å². The summed E-state index contributed by atoms with van der Waals surface area (Å²) in [5.41, 5.74) is -0.841. The number of ether oxygens (including phenoxy) is 2. The van der Waals surface area contributed by atoms with E-state index in [1.54, 1.807) is 0 Å². The highest BCUT2D eigenvalue weighted by Crippen LogP contribution is 2.59. The van der Waals surface area contributed by atoms with E-state index in [9.17, 15) is 4.79 Å². The van der Waals surface area contributed by atoms with Gasteiger partial charge in [-0.1, -0.05) is 33.6 Å². The maximum Gasteiger partial charge on any atom is 0.341 e. The Morgan fingerprint density at radius 3 is 2.63 bits per heavy atom. The summed E-state index contributed by atoms with van der Waals surface area (Å²) in [5, 5.41) is 0. The van der Waals surface area contributed by atoms with Crippen molar-refractivity contribution in [1.82, 2.24) is 0 Å². The topological polar surface area (TPSA) is 38.8 Å². The Morgan fingerprint density at radius 1 is 1.32 bits per heavy atom. The van der Waals surface area contributed by atoms with Crippen molar-refractivity contribution in [3.63, 3.8) is 0 Å². The molecule has 0 aromatic rings. The molecule has 0 amide bonds. The molecule has 1 saturated carbocycles. The van der Waals surface area contributed by atoms with Crippen molar-refractivity contribution >= 4 is 5.97 Å². The quantitative estimate of drug-likeness (QED) is 0.576. The van der Waals surface area contributed by atoms with Gasteiger partial charge in [0.15, 0.2) is 5.60 Å². The number of carbonyl (C=O) groups excluding carboxylic acids is 1. The average molecular weight is 268 g/mol. The average Bonchev–Trinajstić information content (AvgIpc) is 3.08. The molecule has 1 spiro atoms. The number of hydrogen-bond acceptors (Lipinski definition) is 3. The van der Waals surface area contributed by atoms with E-state index < -0.39 is 5.60 Å². The van der Waals surface area contributed by atoms with Crippen molar-refractivity contribution in [3.05, 3.63) is 0 Å². The fourth-order valence-corrected chi connectivity index (χ4v) is 3.83. The first-order valence-electron chi connectivity index (χ1n) is 7.88. The summed E-state index contributed by atoms with van der Waals surface area (Å²) in [6, 6.07) is 0. The van der Waals surface area contributed by atoms with Crippen LogP contribution in [0.4, 0.5) is 0 Å². The smallest absolute Gasteiger partial charge is 0.341 e. The standard InChI is InChI=1S/C16H28O3/c1-5-16(14(17)18-6-2)15(19-16)10-7-8-13(9-11-15)12(3)4/h12-13H,5-11H2,1-4H3. The zero-order valence-corrected chi connectivity index (χ0v) is 12.8. The Hall–Kier alpha value is -0.570. The minimum absolute atomic E-state index is 0.138. The Balaban J connectivity index is 2.07. The molecule has 1 saturated heterocycles. The predicted octanol–water partition coefficient (Wildman–Crippen LogP) is 3.70. The SMILES string of the molecule is CCOC(=O)C1(CC)OC12CCCC(C(C)C)CC2. The van der Waals surface area contributed by atoms with Gasteiger partial charge in [0.25, 0.3) is 0 Å². The van der Waals surface area contributed by atoms with E-state index in [2.05, 4.69) is 13.8 Å². The van der Waals surface area contributed by atoms with Gasteiger partial charge >= 0.3 is 5.97 Å². The van der Waals surface area contributed by atoms with Crippen LogP contribution >= 0.6 is 0 Å². The second-order valence-corrected chi connectivity index (χ2v) is 6.43. The molecule has 3 atom stereocenters. The van der Waals surface area contributed by atoms with Crippen LogP contribution in [-0.2, 0) is 14.3 Å². The fourth-order valence-electron chi connectivity index (χ4n) is 3.83. The molecule has 2 fully saturated rings. The molecule has 1 aliphatic heterocycles. The molecule has 0 radical (unpaired) electrons. The van der Waals surface area contributed by atoms with E-state index in [-0.39, 0.29) is 11.6 Å². The molecule has 3 unspecified atom stereocenters. The lowest BCUT2D eigenvalue weighted by molar-refractivity contribution is -0.149. The summed E-state index contributed by atoms with van der Waals surface area (Å²) in [4.78, 5) is 12.2. The third-order valence-electron chi connectivity index (χ3n) is 5.18. The minimum atomic E-state index is -0.630. The van der Waals surface area contributed by atoms with Gasteiger partial charge in [-0.25, -0.2) is 4.79 Å². The summed E-state index contributed by atoms with van der Waals surface area (Å²) in [6.45, 7) is 8.94. The highest BCUT2D eigenvalue weighted by Gasteiger charge is 2.73. The highest BCUT2D eigenvalue weighted by atomic mass is 16.7. The van der Waals surface area contributed by atoms with Crippen LogP contribution in [0.15, 0.2) is 0 Å². The third kappa shape index (κ3) is 2.42. The second kappa shape index (κ2) is 5.43.